The Balaban J connectivity index is 0.000000122. The van der Waals surface area contributed by atoms with Crippen LogP contribution < -0.4 is 0 Å². The van der Waals surface area contributed by atoms with Gasteiger partial charge in [0.25, 0.3) is 0 Å². The highest BCUT2D eigenvalue weighted by Crippen LogP contribution is 2.38. The molecule has 0 radical (unpaired) electrons. The average molecular weight is 1740 g/mol. The molecule has 0 bridgehead atoms. The fourth-order valence-corrected chi connectivity index (χ4v) is 16.8. The fourth-order valence-electron chi connectivity index (χ4n) is 16.8. The first kappa shape index (κ1) is 87.9. The number of aryl methyl sites for hydroxylation is 2. The summed E-state index contributed by atoms with van der Waals surface area (Å²) < 4.78 is 115. The molecular weight excluding hydrogens is 1650 g/mol. The van der Waals surface area contributed by atoms with Gasteiger partial charge < -0.3 is 25.5 Å². The van der Waals surface area contributed by atoms with Crippen LogP contribution in [0.4, 0.5) is 35.1 Å². The van der Waals surface area contributed by atoms with E-state index in [1.54, 1.807) is 42.9 Å². The van der Waals surface area contributed by atoms with Crippen LogP contribution in [-0.2, 0) is 58.3 Å². The van der Waals surface area contributed by atoms with Gasteiger partial charge in [0.15, 0.2) is 0 Å². The number of alkyl halides is 3. The molecule has 0 unspecified atom stereocenters. The maximum absolute atomic E-state index is 13.8. The lowest BCUT2D eigenvalue weighted by atomic mass is 9.85. The zero-order valence-electron chi connectivity index (χ0n) is 68.6. The van der Waals surface area contributed by atoms with Crippen LogP contribution in [0.3, 0.4) is 0 Å². The second-order valence-electron chi connectivity index (χ2n) is 32.4. The second-order valence-corrected chi connectivity index (χ2v) is 32.4. The molecule has 654 valence electrons. The molecule has 0 aliphatic heterocycles. The van der Waals surface area contributed by atoms with Crippen molar-refractivity contribution >= 4 is 84.4 Å². The maximum atomic E-state index is 13.8. The molecule has 10 heterocycles. The summed E-state index contributed by atoms with van der Waals surface area (Å²) >= 11 is 0. The normalized spacial score (nSPS) is 14.1. The molecule has 19 rings (SSSR count). The fraction of sp³-hybridized carbons (Fsp3) is 0.309. The number of carboxylic acid groups (broad SMARTS) is 5. The maximum Gasteiger partial charge on any atom is 0.390 e. The van der Waals surface area contributed by atoms with Crippen molar-refractivity contribution in [2.24, 2.45) is 17.8 Å². The van der Waals surface area contributed by atoms with E-state index in [2.05, 4.69) is 40.2 Å². The van der Waals surface area contributed by atoms with E-state index in [0.29, 0.717) is 105 Å². The van der Waals surface area contributed by atoms with Gasteiger partial charge in [0.2, 0.25) is 0 Å². The average Bonchev–Trinajstić information content (AvgIpc) is 1.64. The molecule has 5 N–H and O–H groups in total. The summed E-state index contributed by atoms with van der Waals surface area (Å²) in [6, 6.07) is 30.0. The summed E-state index contributed by atoms with van der Waals surface area (Å²) in [5, 5.41) is 72.9. The van der Waals surface area contributed by atoms with Gasteiger partial charge in [0.1, 0.15) is 29.1 Å². The van der Waals surface area contributed by atoms with Crippen molar-refractivity contribution < 1.29 is 84.6 Å². The molecule has 15 aromatic rings. The molecule has 5 aromatic carbocycles. The first-order chi connectivity index (χ1) is 61.2. The van der Waals surface area contributed by atoms with Crippen LogP contribution in [0.2, 0.25) is 0 Å². The van der Waals surface area contributed by atoms with Gasteiger partial charge in [0.05, 0.1) is 103 Å². The lowest BCUT2D eigenvalue weighted by Crippen LogP contribution is -2.18. The number of benzene rings is 5. The zero-order chi connectivity index (χ0) is 89.2. The number of carbonyl (C=O) groups is 5. The quantitative estimate of drug-likeness (QED) is 0.0332. The Hall–Kier alpha value is -14.0. The molecule has 4 saturated carbocycles. The molecule has 0 amide bonds. The predicted molar refractivity (Wildman–Crippen MR) is 453 cm³/mol. The summed E-state index contributed by atoms with van der Waals surface area (Å²) in [5.41, 5.74) is 10.4. The molecule has 10 aromatic heterocycles. The third-order valence-corrected chi connectivity index (χ3v) is 23.6. The molecule has 0 spiro atoms. The van der Waals surface area contributed by atoms with Crippen molar-refractivity contribution in [3.8, 4) is 0 Å². The van der Waals surface area contributed by atoms with E-state index >= 15 is 0 Å². The molecule has 0 atom stereocenters. The minimum Gasteiger partial charge on any atom is -0.478 e. The van der Waals surface area contributed by atoms with E-state index < -0.39 is 54.8 Å². The topological polar surface area (TPSA) is 340 Å². The number of aromatic carboxylic acids is 5. The van der Waals surface area contributed by atoms with Crippen LogP contribution in [0.1, 0.15) is 210 Å². The number of carboxylic acids is 5. The van der Waals surface area contributed by atoms with E-state index in [4.69, 9.17) is 10.2 Å². The Labute approximate surface area is 720 Å². The minimum absolute atomic E-state index is 0.00838. The van der Waals surface area contributed by atoms with Gasteiger partial charge in [-0.3, -0.25) is 48.3 Å². The third-order valence-electron chi connectivity index (χ3n) is 23.6. The predicted octanol–water partition coefficient (Wildman–Crippen LogP) is 19.2. The molecule has 127 heavy (non-hydrogen) atoms. The van der Waals surface area contributed by atoms with Crippen molar-refractivity contribution in [2.45, 2.75) is 167 Å². The molecular formula is C94H87F8N15O10. The Kier molecular flexibility index (Phi) is 27.0. The Morgan fingerprint density at radius 3 is 0.898 bits per heavy atom. The van der Waals surface area contributed by atoms with E-state index in [1.165, 1.54) is 205 Å². The molecule has 4 aliphatic carbocycles. The van der Waals surface area contributed by atoms with Gasteiger partial charge in [0, 0.05) is 141 Å². The standard InChI is InChI=1S/C20H20FN3O2.3C19H18FN3O2.C17H13F4N3O2/c21-15-5-6-19-17(10-15)18(23-24(19)12-13-3-1-2-4-13)9-14-11-22-8-7-16(14)20(25)26;20-14-3-4-18-16(10-14)17(22-23(18)8-6-12-1-2-12)9-13-11-21-7-5-15(13)19(24)25;20-14-4-5-18-16(9-14)17(22-23(18)11-12-2-1-3-12)8-13-10-21-7-6-15(13)19(24)25;20-13-5-6-18-16(10-13)17(22-23(18)14-3-1-2-4-14)9-12-11-21-8-7-15(12)19(24)25;18-11-1-2-15-13(8-11)14(23-24(15)6-4-17(19,20)21)7-10-9-22-5-3-12(10)16(25)26/h5-8,10-11,13H,1-4,9,12H2,(H,25,26);3-5,7,10-12H,1-2,6,8-9H2,(H,24,25);4-7,9-10,12H,1-3,8,11H2,(H,24,25);5-8,10-11,14H,1-4,9H2,(H,24,25);1-3,5,8-9H,4,6-7H2,(H,25,26). The van der Waals surface area contributed by atoms with E-state index in [1.807, 2.05) is 18.7 Å². The summed E-state index contributed by atoms with van der Waals surface area (Å²) in [7, 11) is 0. The number of rotatable bonds is 25. The van der Waals surface area contributed by atoms with E-state index in [0.717, 1.165) is 99.2 Å². The zero-order valence-corrected chi connectivity index (χ0v) is 68.6. The van der Waals surface area contributed by atoms with Gasteiger partial charge in [-0.05, 0) is 212 Å². The van der Waals surface area contributed by atoms with Crippen LogP contribution in [0.25, 0.3) is 54.5 Å². The van der Waals surface area contributed by atoms with E-state index in [9.17, 15) is 84.6 Å². The number of hydrogen-bond acceptors (Lipinski definition) is 15. The number of halogens is 8. The molecule has 25 nitrogen and oxygen atoms in total. The smallest absolute Gasteiger partial charge is 0.390 e. The van der Waals surface area contributed by atoms with Crippen molar-refractivity contribution in [1.82, 2.24) is 73.8 Å². The minimum atomic E-state index is -4.35. The highest BCUT2D eigenvalue weighted by atomic mass is 19.4. The summed E-state index contributed by atoms with van der Waals surface area (Å²) in [4.78, 5) is 77.0. The molecule has 4 aliphatic rings. The van der Waals surface area contributed by atoms with Crippen LogP contribution in [-0.4, -0.2) is 135 Å². The number of fused-ring (bicyclic) bond motifs is 5. The highest BCUT2D eigenvalue weighted by Gasteiger charge is 2.31. The number of hydrogen-bond donors (Lipinski definition) is 5. The Morgan fingerprint density at radius 1 is 0.323 bits per heavy atom. The lowest BCUT2D eigenvalue weighted by Gasteiger charge is -2.25. The van der Waals surface area contributed by atoms with Gasteiger partial charge in [-0.15, -0.1) is 0 Å². The number of nitrogens with zero attached hydrogens (tertiary/aromatic N) is 15. The van der Waals surface area contributed by atoms with Crippen LogP contribution in [0, 0.1) is 46.8 Å². The number of pyridine rings is 5. The molecule has 33 heteroatoms. The largest absolute Gasteiger partial charge is 0.478 e. The summed E-state index contributed by atoms with van der Waals surface area (Å²) in [6.45, 7) is 2.03. The Bertz CT molecular complexity index is 6580. The molecule has 4 fully saturated rings. The van der Waals surface area contributed by atoms with Crippen molar-refractivity contribution in [2.75, 3.05) is 0 Å². The first-order valence-electron chi connectivity index (χ1n) is 41.9. The summed E-state index contributed by atoms with van der Waals surface area (Å²) in [5.74, 6) is -4.98. The summed E-state index contributed by atoms with van der Waals surface area (Å²) in [6.07, 6.45) is 27.2. The van der Waals surface area contributed by atoms with Gasteiger partial charge >= 0.3 is 36.0 Å². The SMILES string of the molecule is O=C(O)c1ccncc1Cc1nn(C2CCCC2)c2ccc(F)cc12.O=C(O)c1ccncc1Cc1nn(CC2CCC2)c2ccc(F)cc12.O=C(O)c1ccncc1Cc1nn(CC2CCCC2)c2ccc(F)cc12.O=C(O)c1ccncc1Cc1nn(CCC(F)(F)F)c2ccc(F)cc12.O=C(O)c1ccncc1Cc1nn(CCC2CC2)c2ccc(F)cc12. The monoisotopic (exact) mass is 1740 g/mol. The van der Waals surface area contributed by atoms with Gasteiger partial charge in [-0.2, -0.15) is 38.7 Å². The first-order valence-corrected chi connectivity index (χ1v) is 41.9. The lowest BCUT2D eigenvalue weighted by molar-refractivity contribution is -0.137. The van der Waals surface area contributed by atoms with Crippen molar-refractivity contribution in [1.29, 1.82) is 0 Å². The Morgan fingerprint density at radius 2 is 0.598 bits per heavy atom. The van der Waals surface area contributed by atoms with Crippen molar-refractivity contribution in [3.63, 3.8) is 0 Å². The van der Waals surface area contributed by atoms with Gasteiger partial charge in [-0.1, -0.05) is 44.9 Å². The number of aromatic nitrogens is 15. The van der Waals surface area contributed by atoms with Crippen LogP contribution in [0.5, 0.6) is 0 Å². The third kappa shape index (κ3) is 21.3. The van der Waals surface area contributed by atoms with E-state index in [-0.39, 0.29) is 63.2 Å². The van der Waals surface area contributed by atoms with Crippen LogP contribution in [0.15, 0.2) is 183 Å². The second kappa shape index (κ2) is 39.0. The highest BCUT2D eigenvalue weighted by molar-refractivity contribution is 5.94. The van der Waals surface area contributed by atoms with Gasteiger partial charge in [-0.25, -0.2) is 45.9 Å². The van der Waals surface area contributed by atoms with Crippen LogP contribution >= 0.6 is 0 Å². The molecule has 0 saturated heterocycles. The van der Waals surface area contributed by atoms with Crippen molar-refractivity contribution in [3.05, 3.63) is 296 Å².